The molecule has 136 valence electrons. The SMILES string of the molecule is CCOC1CC(N(C)C(=O)CCC2CCNC2)C1(CC)CC.Cl. The zero-order chi connectivity index (χ0) is 16.2. The fourth-order valence-electron chi connectivity index (χ4n) is 4.52. The molecule has 4 nitrogen and oxygen atoms in total. The molecule has 1 aliphatic heterocycles. The number of hydrogen-bond donors (Lipinski definition) is 1. The Balaban J connectivity index is 0.00000264. The van der Waals surface area contributed by atoms with Gasteiger partial charge in [-0.2, -0.15) is 0 Å². The molecule has 23 heavy (non-hydrogen) atoms. The van der Waals surface area contributed by atoms with Gasteiger partial charge in [-0.1, -0.05) is 13.8 Å². The number of ether oxygens (including phenoxy) is 1. The average Bonchev–Trinajstić information content (AvgIpc) is 3.03. The van der Waals surface area contributed by atoms with Crippen molar-refractivity contribution in [1.29, 1.82) is 0 Å². The molecule has 1 heterocycles. The minimum Gasteiger partial charge on any atom is -0.378 e. The Morgan fingerprint density at radius 3 is 2.52 bits per heavy atom. The highest BCUT2D eigenvalue weighted by molar-refractivity contribution is 5.85. The highest BCUT2D eigenvalue weighted by atomic mass is 35.5. The number of amides is 1. The summed E-state index contributed by atoms with van der Waals surface area (Å²) in [6.45, 7) is 9.51. The van der Waals surface area contributed by atoms with Crippen LogP contribution in [-0.4, -0.2) is 49.7 Å². The monoisotopic (exact) mass is 346 g/mol. The molecule has 0 aromatic rings. The normalized spacial score (nSPS) is 28.8. The summed E-state index contributed by atoms with van der Waals surface area (Å²) in [4.78, 5) is 14.6. The van der Waals surface area contributed by atoms with Gasteiger partial charge in [-0.15, -0.1) is 12.4 Å². The molecule has 1 saturated heterocycles. The summed E-state index contributed by atoms with van der Waals surface area (Å²) in [6.07, 6.45) is 6.45. The van der Waals surface area contributed by atoms with Crippen LogP contribution in [0.5, 0.6) is 0 Å². The van der Waals surface area contributed by atoms with Crippen LogP contribution in [0.1, 0.15) is 59.3 Å². The lowest BCUT2D eigenvalue weighted by Gasteiger charge is -2.58. The van der Waals surface area contributed by atoms with Gasteiger partial charge < -0.3 is 15.0 Å². The Labute approximate surface area is 148 Å². The van der Waals surface area contributed by atoms with E-state index < -0.39 is 0 Å². The minimum atomic E-state index is 0. The largest absolute Gasteiger partial charge is 0.378 e. The van der Waals surface area contributed by atoms with E-state index in [4.69, 9.17) is 4.74 Å². The van der Waals surface area contributed by atoms with Crippen molar-refractivity contribution in [1.82, 2.24) is 10.2 Å². The van der Waals surface area contributed by atoms with Gasteiger partial charge in [-0.25, -0.2) is 0 Å². The van der Waals surface area contributed by atoms with Gasteiger partial charge in [0.15, 0.2) is 0 Å². The van der Waals surface area contributed by atoms with Crippen LogP contribution in [0.25, 0.3) is 0 Å². The van der Waals surface area contributed by atoms with Crippen LogP contribution in [0.2, 0.25) is 0 Å². The van der Waals surface area contributed by atoms with E-state index >= 15 is 0 Å². The van der Waals surface area contributed by atoms with E-state index in [1.54, 1.807) is 0 Å². The van der Waals surface area contributed by atoms with E-state index in [-0.39, 0.29) is 17.8 Å². The quantitative estimate of drug-likeness (QED) is 0.733. The van der Waals surface area contributed by atoms with Crippen molar-refractivity contribution in [3.05, 3.63) is 0 Å². The van der Waals surface area contributed by atoms with E-state index in [2.05, 4.69) is 26.1 Å². The molecule has 1 N–H and O–H groups in total. The lowest BCUT2D eigenvalue weighted by atomic mass is 9.58. The maximum atomic E-state index is 12.6. The van der Waals surface area contributed by atoms with Crippen LogP contribution in [0.3, 0.4) is 0 Å². The molecular weight excluding hydrogens is 312 g/mol. The summed E-state index contributed by atoms with van der Waals surface area (Å²) in [7, 11) is 2.00. The number of nitrogens with one attached hydrogen (secondary N) is 1. The smallest absolute Gasteiger partial charge is 0.222 e. The van der Waals surface area contributed by atoms with Crippen molar-refractivity contribution >= 4 is 18.3 Å². The van der Waals surface area contributed by atoms with Crippen LogP contribution in [0.15, 0.2) is 0 Å². The predicted molar refractivity (Wildman–Crippen MR) is 97.1 cm³/mol. The number of rotatable bonds is 8. The molecule has 2 rings (SSSR count). The Hall–Kier alpha value is -0.320. The first-order valence-electron chi connectivity index (χ1n) is 9.17. The molecule has 0 aromatic heterocycles. The second-order valence-electron chi connectivity index (χ2n) is 7.04. The number of nitrogens with zero attached hydrogens (tertiary/aromatic N) is 1. The van der Waals surface area contributed by atoms with E-state index in [9.17, 15) is 4.79 Å². The molecule has 3 unspecified atom stereocenters. The van der Waals surface area contributed by atoms with Crippen LogP contribution in [0.4, 0.5) is 0 Å². The topological polar surface area (TPSA) is 41.6 Å². The third kappa shape index (κ3) is 4.21. The van der Waals surface area contributed by atoms with Crippen molar-refractivity contribution < 1.29 is 9.53 Å². The van der Waals surface area contributed by atoms with E-state index in [1.807, 2.05) is 11.9 Å². The van der Waals surface area contributed by atoms with Gasteiger partial charge >= 0.3 is 0 Å². The summed E-state index contributed by atoms with van der Waals surface area (Å²) in [5, 5.41) is 3.38. The number of hydrogen-bond acceptors (Lipinski definition) is 3. The Bertz CT molecular complexity index is 368. The number of halogens is 1. The van der Waals surface area contributed by atoms with Crippen LogP contribution in [0, 0.1) is 11.3 Å². The number of carbonyl (C=O) groups excluding carboxylic acids is 1. The highest BCUT2D eigenvalue weighted by Gasteiger charge is 2.55. The molecule has 1 amide bonds. The predicted octanol–water partition coefficient (Wildman–Crippen LogP) is 3.24. The maximum absolute atomic E-state index is 12.6. The van der Waals surface area contributed by atoms with Gasteiger partial charge in [0.2, 0.25) is 5.91 Å². The Morgan fingerprint density at radius 1 is 1.30 bits per heavy atom. The van der Waals surface area contributed by atoms with Gasteiger partial charge in [0.05, 0.1) is 6.10 Å². The van der Waals surface area contributed by atoms with Crippen LogP contribution >= 0.6 is 12.4 Å². The molecular formula is C18H35ClN2O2. The van der Waals surface area contributed by atoms with Crippen molar-refractivity contribution in [3.63, 3.8) is 0 Å². The molecule has 0 bridgehead atoms. The number of carbonyl (C=O) groups is 1. The molecule has 2 fully saturated rings. The summed E-state index contributed by atoms with van der Waals surface area (Å²) in [5.74, 6) is 1.01. The van der Waals surface area contributed by atoms with Crippen molar-refractivity contribution in [3.8, 4) is 0 Å². The maximum Gasteiger partial charge on any atom is 0.222 e. The molecule has 2 aliphatic rings. The molecule has 1 aliphatic carbocycles. The molecule has 0 spiro atoms. The van der Waals surface area contributed by atoms with Crippen LogP contribution < -0.4 is 5.32 Å². The van der Waals surface area contributed by atoms with Gasteiger partial charge in [0, 0.05) is 31.5 Å². The molecule has 5 heteroatoms. The van der Waals surface area contributed by atoms with Crippen molar-refractivity contribution in [2.24, 2.45) is 11.3 Å². The molecule has 1 saturated carbocycles. The summed E-state index contributed by atoms with van der Waals surface area (Å²) >= 11 is 0. The second kappa shape index (κ2) is 9.24. The first-order valence-corrected chi connectivity index (χ1v) is 9.17. The third-order valence-corrected chi connectivity index (χ3v) is 6.22. The lowest BCUT2D eigenvalue weighted by Crippen LogP contribution is -2.64. The summed E-state index contributed by atoms with van der Waals surface area (Å²) in [6, 6.07) is 0.355. The first kappa shape index (κ1) is 20.7. The first-order chi connectivity index (χ1) is 10.6. The summed E-state index contributed by atoms with van der Waals surface area (Å²) < 4.78 is 5.93. The Kier molecular flexibility index (Phi) is 8.32. The molecule has 0 radical (unpaired) electrons. The lowest BCUT2D eigenvalue weighted by molar-refractivity contribution is -0.177. The zero-order valence-corrected chi connectivity index (χ0v) is 16.1. The third-order valence-electron chi connectivity index (χ3n) is 6.22. The van der Waals surface area contributed by atoms with Crippen molar-refractivity contribution in [2.45, 2.75) is 71.4 Å². The molecule has 0 aromatic carbocycles. The van der Waals surface area contributed by atoms with Gasteiger partial charge in [-0.05, 0) is 58.0 Å². The van der Waals surface area contributed by atoms with Gasteiger partial charge in [0.1, 0.15) is 0 Å². The second-order valence-corrected chi connectivity index (χ2v) is 7.04. The van der Waals surface area contributed by atoms with Crippen molar-refractivity contribution in [2.75, 3.05) is 26.7 Å². The molecule has 3 atom stereocenters. The van der Waals surface area contributed by atoms with Gasteiger partial charge in [0.25, 0.3) is 0 Å². The van der Waals surface area contributed by atoms with E-state index in [0.717, 1.165) is 45.4 Å². The zero-order valence-electron chi connectivity index (χ0n) is 15.3. The van der Waals surface area contributed by atoms with E-state index in [0.29, 0.717) is 30.4 Å². The van der Waals surface area contributed by atoms with Gasteiger partial charge in [-0.3, -0.25) is 4.79 Å². The van der Waals surface area contributed by atoms with E-state index in [1.165, 1.54) is 6.42 Å². The summed E-state index contributed by atoms with van der Waals surface area (Å²) in [5.41, 5.74) is 0.162. The van der Waals surface area contributed by atoms with Crippen LogP contribution in [-0.2, 0) is 9.53 Å². The highest BCUT2D eigenvalue weighted by Crippen LogP contribution is 2.51. The fourth-order valence-corrected chi connectivity index (χ4v) is 4.52. The Morgan fingerprint density at radius 2 is 2.00 bits per heavy atom. The standard InChI is InChI=1S/C18H34N2O2.ClH/c1-5-18(6-2)15(12-16(18)22-7-3)20(4)17(21)9-8-14-10-11-19-13-14;/h14-16,19H,5-13H2,1-4H3;1H. The fraction of sp³-hybridized carbons (Fsp3) is 0.944. The minimum absolute atomic E-state index is 0. The average molecular weight is 347 g/mol.